The van der Waals surface area contributed by atoms with E-state index in [2.05, 4.69) is 30.8 Å². The van der Waals surface area contributed by atoms with Crippen LogP contribution in [0.15, 0.2) is 18.5 Å². The predicted octanol–water partition coefficient (Wildman–Crippen LogP) is 2.09. The molecule has 4 heteroatoms. The van der Waals surface area contributed by atoms with Crippen molar-refractivity contribution in [3.8, 4) is 0 Å². The largest absolute Gasteiger partial charge is 0.341 e. The van der Waals surface area contributed by atoms with Crippen molar-refractivity contribution in [3.05, 3.63) is 18.5 Å². The summed E-state index contributed by atoms with van der Waals surface area (Å²) in [6.45, 7) is 2.17. The summed E-state index contributed by atoms with van der Waals surface area (Å²) in [7, 11) is 0. The first-order valence-electron chi connectivity index (χ1n) is 4.98. The van der Waals surface area contributed by atoms with Crippen LogP contribution in [0.3, 0.4) is 0 Å². The number of hydrogen-bond acceptors (Lipinski definition) is 3. The van der Waals surface area contributed by atoms with E-state index in [9.17, 15) is 0 Å². The Morgan fingerprint density at radius 1 is 1.43 bits per heavy atom. The number of anilines is 1. The van der Waals surface area contributed by atoms with E-state index in [4.69, 9.17) is 0 Å². The third-order valence-corrected chi connectivity index (χ3v) is 3.49. The molecule has 1 fully saturated rings. The molecule has 0 unspecified atom stereocenters. The summed E-state index contributed by atoms with van der Waals surface area (Å²) >= 11 is 3.54. The molecular formula is C10H14BrN3. The number of nitrogens with zero attached hydrogens (tertiary/aromatic N) is 3. The topological polar surface area (TPSA) is 29.0 Å². The van der Waals surface area contributed by atoms with Gasteiger partial charge in [-0.1, -0.05) is 15.9 Å². The van der Waals surface area contributed by atoms with Gasteiger partial charge in [0.25, 0.3) is 0 Å². The van der Waals surface area contributed by atoms with Crippen molar-refractivity contribution in [3.63, 3.8) is 0 Å². The highest BCUT2D eigenvalue weighted by Crippen LogP contribution is 2.20. The van der Waals surface area contributed by atoms with Gasteiger partial charge in [0.1, 0.15) is 0 Å². The van der Waals surface area contributed by atoms with E-state index in [0.717, 1.165) is 30.3 Å². The molecular weight excluding hydrogens is 242 g/mol. The third kappa shape index (κ3) is 2.23. The van der Waals surface area contributed by atoms with E-state index in [1.807, 2.05) is 6.07 Å². The van der Waals surface area contributed by atoms with Gasteiger partial charge in [-0.25, -0.2) is 9.97 Å². The lowest BCUT2D eigenvalue weighted by Crippen LogP contribution is -2.37. The molecule has 0 radical (unpaired) electrons. The van der Waals surface area contributed by atoms with Crippen LogP contribution in [-0.4, -0.2) is 28.4 Å². The van der Waals surface area contributed by atoms with Crippen molar-refractivity contribution in [1.82, 2.24) is 9.97 Å². The molecule has 14 heavy (non-hydrogen) atoms. The monoisotopic (exact) mass is 255 g/mol. The van der Waals surface area contributed by atoms with Crippen LogP contribution in [-0.2, 0) is 0 Å². The van der Waals surface area contributed by atoms with Crippen LogP contribution in [0.5, 0.6) is 0 Å². The lowest BCUT2D eigenvalue weighted by atomic mass is 10.0. The first kappa shape index (κ1) is 9.90. The summed E-state index contributed by atoms with van der Waals surface area (Å²) in [6.07, 6.45) is 6.17. The quantitative estimate of drug-likeness (QED) is 0.759. The Bertz CT molecular complexity index is 278. The van der Waals surface area contributed by atoms with Gasteiger partial charge in [-0.05, 0) is 24.8 Å². The third-order valence-electron chi connectivity index (χ3n) is 2.57. The fourth-order valence-electron chi connectivity index (χ4n) is 1.83. The summed E-state index contributed by atoms with van der Waals surface area (Å²) in [5.41, 5.74) is 0. The van der Waals surface area contributed by atoms with Crippen molar-refractivity contribution >= 4 is 21.9 Å². The van der Waals surface area contributed by atoms with Crippen molar-refractivity contribution in [2.75, 3.05) is 23.3 Å². The Morgan fingerprint density at radius 2 is 2.21 bits per heavy atom. The van der Waals surface area contributed by atoms with Crippen LogP contribution in [0.1, 0.15) is 12.8 Å². The van der Waals surface area contributed by atoms with Crippen LogP contribution in [0, 0.1) is 5.92 Å². The van der Waals surface area contributed by atoms with Crippen molar-refractivity contribution < 1.29 is 0 Å². The maximum Gasteiger partial charge on any atom is 0.225 e. The van der Waals surface area contributed by atoms with Crippen LogP contribution >= 0.6 is 15.9 Å². The number of piperidine rings is 1. The zero-order valence-electron chi connectivity index (χ0n) is 8.06. The number of aromatic nitrogens is 2. The number of hydrogen-bond donors (Lipinski definition) is 0. The zero-order chi connectivity index (χ0) is 9.80. The maximum atomic E-state index is 4.27. The molecule has 0 amide bonds. The van der Waals surface area contributed by atoms with Gasteiger partial charge < -0.3 is 4.90 Å². The SMILES string of the molecule is BrC[C@@H]1CCCN(c2ncccn2)C1. The molecule has 0 bridgehead atoms. The van der Waals surface area contributed by atoms with Gasteiger partial charge in [-0.15, -0.1) is 0 Å². The van der Waals surface area contributed by atoms with Crippen molar-refractivity contribution in [2.45, 2.75) is 12.8 Å². The molecule has 1 aromatic rings. The maximum absolute atomic E-state index is 4.27. The Morgan fingerprint density at radius 3 is 2.93 bits per heavy atom. The van der Waals surface area contributed by atoms with E-state index in [0.29, 0.717) is 0 Å². The summed E-state index contributed by atoms with van der Waals surface area (Å²) in [6, 6.07) is 1.86. The van der Waals surface area contributed by atoms with E-state index in [1.165, 1.54) is 12.8 Å². The van der Waals surface area contributed by atoms with Crippen LogP contribution < -0.4 is 4.90 Å². The molecule has 1 aliphatic heterocycles. The average Bonchev–Trinajstić information content (AvgIpc) is 2.30. The minimum atomic E-state index is 0.743. The van der Waals surface area contributed by atoms with E-state index in [1.54, 1.807) is 12.4 Å². The predicted molar refractivity (Wildman–Crippen MR) is 60.8 cm³/mol. The standard InChI is InChI=1S/C10H14BrN3/c11-7-9-3-1-6-14(8-9)10-12-4-2-5-13-10/h2,4-5,9H,1,3,6-8H2/t9-/m0/s1. The molecule has 76 valence electrons. The summed E-state index contributed by atoms with van der Waals surface area (Å²) in [4.78, 5) is 10.8. The molecule has 2 rings (SSSR count). The van der Waals surface area contributed by atoms with Gasteiger partial charge in [-0.2, -0.15) is 0 Å². The van der Waals surface area contributed by atoms with E-state index >= 15 is 0 Å². The van der Waals surface area contributed by atoms with Gasteiger partial charge in [-0.3, -0.25) is 0 Å². The van der Waals surface area contributed by atoms with E-state index in [-0.39, 0.29) is 0 Å². The number of rotatable bonds is 2. The second-order valence-electron chi connectivity index (χ2n) is 3.66. The smallest absolute Gasteiger partial charge is 0.225 e. The molecule has 0 aliphatic carbocycles. The van der Waals surface area contributed by atoms with Gasteiger partial charge >= 0.3 is 0 Å². The van der Waals surface area contributed by atoms with Crippen LogP contribution in [0.25, 0.3) is 0 Å². The highest BCUT2D eigenvalue weighted by molar-refractivity contribution is 9.09. The summed E-state index contributed by atoms with van der Waals surface area (Å²) < 4.78 is 0. The normalized spacial score (nSPS) is 22.4. The van der Waals surface area contributed by atoms with Gasteiger partial charge in [0.05, 0.1) is 0 Å². The van der Waals surface area contributed by atoms with Crippen molar-refractivity contribution in [2.24, 2.45) is 5.92 Å². The number of halogens is 1. The molecule has 1 atom stereocenters. The number of alkyl halides is 1. The molecule has 0 N–H and O–H groups in total. The fraction of sp³-hybridized carbons (Fsp3) is 0.600. The summed E-state index contributed by atoms with van der Waals surface area (Å²) in [5.74, 6) is 1.62. The molecule has 1 saturated heterocycles. The van der Waals surface area contributed by atoms with Crippen LogP contribution in [0.4, 0.5) is 5.95 Å². The second-order valence-corrected chi connectivity index (χ2v) is 4.30. The molecule has 0 spiro atoms. The zero-order valence-corrected chi connectivity index (χ0v) is 9.65. The van der Waals surface area contributed by atoms with Gasteiger partial charge in [0.2, 0.25) is 5.95 Å². The fourth-order valence-corrected chi connectivity index (χ4v) is 2.36. The molecule has 1 aromatic heterocycles. The average molecular weight is 256 g/mol. The first-order chi connectivity index (χ1) is 6.90. The Hall–Kier alpha value is -0.640. The highest BCUT2D eigenvalue weighted by atomic mass is 79.9. The minimum Gasteiger partial charge on any atom is -0.341 e. The molecule has 1 aliphatic rings. The first-order valence-corrected chi connectivity index (χ1v) is 6.10. The molecule has 0 saturated carbocycles. The Kier molecular flexibility index (Phi) is 3.35. The lowest BCUT2D eigenvalue weighted by molar-refractivity contribution is 0.450. The van der Waals surface area contributed by atoms with E-state index < -0.39 is 0 Å². The Balaban J connectivity index is 2.04. The van der Waals surface area contributed by atoms with Crippen LogP contribution in [0.2, 0.25) is 0 Å². The van der Waals surface area contributed by atoms with Crippen molar-refractivity contribution in [1.29, 1.82) is 0 Å². The van der Waals surface area contributed by atoms with Gasteiger partial charge in [0, 0.05) is 30.8 Å². The minimum absolute atomic E-state index is 0.743. The highest BCUT2D eigenvalue weighted by Gasteiger charge is 2.20. The molecule has 3 nitrogen and oxygen atoms in total. The summed E-state index contributed by atoms with van der Waals surface area (Å²) in [5, 5.41) is 1.08. The Labute approximate surface area is 92.7 Å². The second kappa shape index (κ2) is 4.73. The molecule has 0 aromatic carbocycles. The molecule has 2 heterocycles. The van der Waals surface area contributed by atoms with Gasteiger partial charge in [0.15, 0.2) is 0 Å². The lowest BCUT2D eigenvalue weighted by Gasteiger charge is -2.31.